The third-order valence-corrected chi connectivity index (χ3v) is 2.58. The van der Waals surface area contributed by atoms with Crippen molar-refractivity contribution in [1.82, 2.24) is 0 Å². The number of nitrogens with two attached hydrogens (primary N) is 1. The Morgan fingerprint density at radius 1 is 1.10 bits per heavy atom. The molecule has 0 atom stereocenters. The molecule has 0 spiro atoms. The minimum absolute atomic E-state index is 0.0268. The largest absolute Gasteiger partial charge is 0.489 e. The van der Waals surface area contributed by atoms with Gasteiger partial charge >= 0.3 is 0 Å². The Bertz CT molecular complexity index is 645. The van der Waals surface area contributed by atoms with Gasteiger partial charge in [0.1, 0.15) is 23.3 Å². The molecule has 0 saturated heterocycles. The number of nitrogens with zero attached hydrogens (tertiary/aromatic N) is 1. The molecule has 0 radical (unpaired) electrons. The molecule has 102 valence electrons. The molecule has 0 amide bonds. The Hall–Kier alpha value is -2.67. The fraction of sp³-hybridized carbons (Fsp3) is 0.188. The zero-order chi connectivity index (χ0) is 14.5. The Balaban J connectivity index is 2.28. The Labute approximate surface area is 118 Å². The fourth-order valence-electron chi connectivity index (χ4n) is 1.71. The second-order valence-corrected chi connectivity index (χ2v) is 4.58. The van der Waals surface area contributed by atoms with Crippen molar-refractivity contribution < 1.29 is 9.47 Å². The summed E-state index contributed by atoms with van der Waals surface area (Å²) in [5, 5.41) is 9.04. The monoisotopic (exact) mass is 268 g/mol. The maximum Gasteiger partial charge on any atom is 0.146 e. The van der Waals surface area contributed by atoms with Crippen molar-refractivity contribution in [3.8, 4) is 23.3 Å². The van der Waals surface area contributed by atoms with Crippen molar-refractivity contribution in [1.29, 1.82) is 5.26 Å². The minimum Gasteiger partial charge on any atom is -0.489 e. The molecule has 4 heteroatoms. The molecule has 20 heavy (non-hydrogen) atoms. The predicted octanol–water partition coefficient (Wildman–Crippen LogP) is 3.72. The van der Waals surface area contributed by atoms with Crippen LogP contribution >= 0.6 is 0 Å². The van der Waals surface area contributed by atoms with Gasteiger partial charge in [-0.15, -0.1) is 0 Å². The van der Waals surface area contributed by atoms with Gasteiger partial charge in [0.25, 0.3) is 0 Å². The lowest BCUT2D eigenvalue weighted by Gasteiger charge is -2.14. The van der Waals surface area contributed by atoms with Crippen LogP contribution in [-0.4, -0.2) is 6.10 Å². The van der Waals surface area contributed by atoms with E-state index in [2.05, 4.69) is 6.07 Å². The van der Waals surface area contributed by atoms with Crippen LogP contribution < -0.4 is 15.2 Å². The molecule has 0 aromatic heterocycles. The standard InChI is InChI=1S/C16H16N2O2/c1-11(2)19-16-9-13(7-8-14(16)18)20-15-6-4-3-5-12(15)10-17/h3-9,11H,18H2,1-2H3. The molecule has 2 aromatic rings. The van der Waals surface area contributed by atoms with E-state index in [1.54, 1.807) is 36.4 Å². The predicted molar refractivity (Wildman–Crippen MR) is 77.8 cm³/mol. The van der Waals surface area contributed by atoms with Gasteiger partial charge in [-0.2, -0.15) is 5.26 Å². The molecule has 0 fully saturated rings. The molecule has 0 aliphatic carbocycles. The van der Waals surface area contributed by atoms with Crippen molar-refractivity contribution >= 4 is 5.69 Å². The molecule has 0 unspecified atom stereocenters. The van der Waals surface area contributed by atoms with E-state index in [1.807, 2.05) is 19.9 Å². The first-order valence-electron chi connectivity index (χ1n) is 6.33. The van der Waals surface area contributed by atoms with Gasteiger partial charge in [0, 0.05) is 6.07 Å². The number of ether oxygens (including phenoxy) is 2. The van der Waals surface area contributed by atoms with Gasteiger partial charge in [-0.25, -0.2) is 0 Å². The van der Waals surface area contributed by atoms with E-state index in [4.69, 9.17) is 20.5 Å². The summed E-state index contributed by atoms with van der Waals surface area (Å²) < 4.78 is 11.3. The lowest BCUT2D eigenvalue weighted by molar-refractivity contribution is 0.243. The highest BCUT2D eigenvalue weighted by Gasteiger charge is 2.08. The second-order valence-electron chi connectivity index (χ2n) is 4.58. The van der Waals surface area contributed by atoms with Gasteiger partial charge in [-0.05, 0) is 38.1 Å². The van der Waals surface area contributed by atoms with Crippen LogP contribution in [0.4, 0.5) is 5.69 Å². The Morgan fingerprint density at radius 3 is 2.55 bits per heavy atom. The first-order chi connectivity index (χ1) is 9.60. The highest BCUT2D eigenvalue weighted by molar-refractivity contribution is 5.56. The number of hydrogen-bond donors (Lipinski definition) is 1. The molecular formula is C16H16N2O2. The third kappa shape index (κ3) is 3.21. The summed E-state index contributed by atoms with van der Waals surface area (Å²) in [6.07, 6.45) is 0.0268. The SMILES string of the molecule is CC(C)Oc1cc(Oc2ccccc2C#N)ccc1N. The average molecular weight is 268 g/mol. The molecule has 0 heterocycles. The smallest absolute Gasteiger partial charge is 0.146 e. The normalized spacial score (nSPS) is 10.1. The average Bonchev–Trinajstić information content (AvgIpc) is 2.42. The summed E-state index contributed by atoms with van der Waals surface area (Å²) >= 11 is 0. The first-order valence-corrected chi connectivity index (χ1v) is 6.33. The van der Waals surface area contributed by atoms with Crippen LogP contribution in [0.2, 0.25) is 0 Å². The lowest BCUT2D eigenvalue weighted by atomic mass is 10.2. The number of para-hydroxylation sites is 1. The molecule has 2 aromatic carbocycles. The van der Waals surface area contributed by atoms with Gasteiger partial charge < -0.3 is 15.2 Å². The van der Waals surface area contributed by atoms with Gasteiger partial charge in [0.05, 0.1) is 17.4 Å². The van der Waals surface area contributed by atoms with E-state index in [1.165, 1.54) is 0 Å². The minimum atomic E-state index is 0.0268. The van der Waals surface area contributed by atoms with Gasteiger partial charge in [-0.3, -0.25) is 0 Å². The van der Waals surface area contributed by atoms with E-state index in [9.17, 15) is 0 Å². The summed E-state index contributed by atoms with van der Waals surface area (Å²) in [5.74, 6) is 1.67. The molecule has 4 nitrogen and oxygen atoms in total. The topological polar surface area (TPSA) is 68.3 Å². The van der Waals surface area contributed by atoms with Gasteiger partial charge in [0.15, 0.2) is 0 Å². The fourth-order valence-corrected chi connectivity index (χ4v) is 1.71. The molecular weight excluding hydrogens is 252 g/mol. The lowest BCUT2D eigenvalue weighted by Crippen LogP contribution is -2.07. The van der Waals surface area contributed by atoms with Crippen molar-refractivity contribution in [2.45, 2.75) is 20.0 Å². The number of rotatable bonds is 4. The summed E-state index contributed by atoms with van der Waals surface area (Å²) in [7, 11) is 0. The zero-order valence-corrected chi connectivity index (χ0v) is 11.5. The van der Waals surface area contributed by atoms with E-state index >= 15 is 0 Å². The maximum atomic E-state index is 9.04. The number of hydrogen-bond acceptors (Lipinski definition) is 4. The van der Waals surface area contributed by atoms with Crippen molar-refractivity contribution in [3.05, 3.63) is 48.0 Å². The third-order valence-electron chi connectivity index (χ3n) is 2.58. The summed E-state index contributed by atoms with van der Waals surface area (Å²) in [5.41, 5.74) is 6.89. The number of nitriles is 1. The molecule has 0 bridgehead atoms. The van der Waals surface area contributed by atoms with E-state index < -0.39 is 0 Å². The van der Waals surface area contributed by atoms with E-state index in [-0.39, 0.29) is 6.10 Å². The van der Waals surface area contributed by atoms with Crippen molar-refractivity contribution in [2.24, 2.45) is 0 Å². The van der Waals surface area contributed by atoms with Crippen LogP contribution in [0.25, 0.3) is 0 Å². The maximum absolute atomic E-state index is 9.04. The molecule has 2 N–H and O–H groups in total. The van der Waals surface area contributed by atoms with Crippen LogP contribution in [0.3, 0.4) is 0 Å². The molecule has 2 rings (SSSR count). The van der Waals surface area contributed by atoms with Crippen LogP contribution in [0, 0.1) is 11.3 Å². The molecule has 0 aliphatic rings. The molecule has 0 aliphatic heterocycles. The Kier molecular flexibility index (Phi) is 4.11. The zero-order valence-electron chi connectivity index (χ0n) is 11.5. The van der Waals surface area contributed by atoms with Gasteiger partial charge in [0.2, 0.25) is 0 Å². The van der Waals surface area contributed by atoms with Crippen LogP contribution in [-0.2, 0) is 0 Å². The van der Waals surface area contributed by atoms with Crippen molar-refractivity contribution in [3.63, 3.8) is 0 Å². The quantitative estimate of drug-likeness (QED) is 0.858. The van der Waals surface area contributed by atoms with Crippen LogP contribution in [0.15, 0.2) is 42.5 Å². The number of nitrogen functional groups attached to an aromatic ring is 1. The highest BCUT2D eigenvalue weighted by Crippen LogP contribution is 2.31. The van der Waals surface area contributed by atoms with E-state index in [0.29, 0.717) is 28.5 Å². The van der Waals surface area contributed by atoms with Crippen molar-refractivity contribution in [2.75, 3.05) is 5.73 Å². The summed E-state index contributed by atoms with van der Waals surface area (Å²) in [6.45, 7) is 3.86. The highest BCUT2D eigenvalue weighted by atomic mass is 16.5. The number of anilines is 1. The van der Waals surface area contributed by atoms with Crippen LogP contribution in [0.1, 0.15) is 19.4 Å². The van der Waals surface area contributed by atoms with Gasteiger partial charge in [-0.1, -0.05) is 12.1 Å². The summed E-state index contributed by atoms with van der Waals surface area (Å²) in [6, 6.07) is 14.4. The van der Waals surface area contributed by atoms with Crippen LogP contribution in [0.5, 0.6) is 17.2 Å². The Morgan fingerprint density at radius 2 is 1.85 bits per heavy atom. The first kappa shape index (κ1) is 13.8. The van der Waals surface area contributed by atoms with E-state index in [0.717, 1.165) is 0 Å². The summed E-state index contributed by atoms with van der Waals surface area (Å²) in [4.78, 5) is 0. The molecule has 0 saturated carbocycles. The second kappa shape index (κ2) is 5.98. The number of benzene rings is 2.